The molecule has 9 heteroatoms. The second-order valence-electron chi connectivity index (χ2n) is 7.97. The third kappa shape index (κ3) is 5.20. The third-order valence-electron chi connectivity index (χ3n) is 5.33. The quantitative estimate of drug-likeness (QED) is 0.353. The van der Waals surface area contributed by atoms with Crippen LogP contribution in [0.25, 0.3) is 11.4 Å². The number of furan rings is 1. The fraction of sp³-hybridized carbons (Fsp3) is 0.200. The lowest BCUT2D eigenvalue weighted by Gasteiger charge is -2.11. The van der Waals surface area contributed by atoms with Crippen LogP contribution in [-0.2, 0) is 11.3 Å². The Morgan fingerprint density at radius 1 is 1.00 bits per heavy atom. The zero-order valence-corrected chi connectivity index (χ0v) is 19.1. The number of carbonyl (C=O) groups is 2. The van der Waals surface area contributed by atoms with E-state index in [0.29, 0.717) is 28.8 Å². The predicted molar refractivity (Wildman–Crippen MR) is 130 cm³/mol. The molecule has 2 amide bonds. The van der Waals surface area contributed by atoms with Gasteiger partial charge in [0, 0.05) is 11.6 Å². The summed E-state index contributed by atoms with van der Waals surface area (Å²) in [5, 5.41) is 15.1. The van der Waals surface area contributed by atoms with E-state index in [2.05, 4.69) is 20.8 Å². The summed E-state index contributed by atoms with van der Waals surface area (Å²) >= 11 is 1.28. The number of rotatable bonds is 9. The van der Waals surface area contributed by atoms with Gasteiger partial charge in [-0.15, -0.1) is 10.2 Å². The van der Waals surface area contributed by atoms with E-state index >= 15 is 0 Å². The summed E-state index contributed by atoms with van der Waals surface area (Å²) in [6.45, 7) is 0.443. The van der Waals surface area contributed by atoms with Crippen LogP contribution in [0, 0.1) is 0 Å². The molecule has 0 atom stereocenters. The number of hydrogen-bond donors (Lipinski definition) is 2. The Labute approximate surface area is 200 Å². The van der Waals surface area contributed by atoms with Crippen molar-refractivity contribution in [2.75, 3.05) is 11.1 Å². The van der Waals surface area contributed by atoms with Gasteiger partial charge in [0.1, 0.15) is 5.76 Å². The number of para-hydroxylation sites is 1. The van der Waals surface area contributed by atoms with Crippen LogP contribution in [0.2, 0.25) is 0 Å². The molecule has 5 rings (SSSR count). The molecule has 34 heavy (non-hydrogen) atoms. The van der Waals surface area contributed by atoms with E-state index < -0.39 is 0 Å². The van der Waals surface area contributed by atoms with Crippen LogP contribution in [0.1, 0.15) is 29.0 Å². The van der Waals surface area contributed by atoms with Crippen molar-refractivity contribution < 1.29 is 14.0 Å². The van der Waals surface area contributed by atoms with Crippen molar-refractivity contribution in [2.24, 2.45) is 0 Å². The Bertz CT molecular complexity index is 1280. The molecule has 0 spiro atoms. The molecule has 8 nitrogen and oxygen atoms in total. The summed E-state index contributed by atoms with van der Waals surface area (Å²) in [6.07, 6.45) is 3.63. The fourth-order valence-electron chi connectivity index (χ4n) is 3.49. The Hall–Kier alpha value is -3.85. The number of carbonyl (C=O) groups excluding carboxylic acids is 2. The van der Waals surface area contributed by atoms with Gasteiger partial charge in [0.2, 0.25) is 5.91 Å². The van der Waals surface area contributed by atoms with Crippen molar-refractivity contribution in [3.05, 3.63) is 84.3 Å². The van der Waals surface area contributed by atoms with Crippen LogP contribution >= 0.6 is 11.8 Å². The van der Waals surface area contributed by atoms with Gasteiger partial charge in [-0.3, -0.25) is 14.2 Å². The topological polar surface area (TPSA) is 102 Å². The number of amides is 2. The molecule has 0 aliphatic heterocycles. The van der Waals surface area contributed by atoms with E-state index in [1.807, 2.05) is 47.0 Å². The molecule has 0 bridgehead atoms. The number of benzene rings is 2. The van der Waals surface area contributed by atoms with Gasteiger partial charge in [-0.1, -0.05) is 54.2 Å². The van der Waals surface area contributed by atoms with Crippen molar-refractivity contribution in [3.8, 4) is 11.4 Å². The van der Waals surface area contributed by atoms with Gasteiger partial charge >= 0.3 is 0 Å². The highest BCUT2D eigenvalue weighted by Gasteiger charge is 2.25. The third-order valence-corrected chi connectivity index (χ3v) is 6.30. The molecular weight excluding hydrogens is 450 g/mol. The lowest BCUT2D eigenvalue weighted by molar-refractivity contribution is -0.113. The summed E-state index contributed by atoms with van der Waals surface area (Å²) < 4.78 is 7.46. The number of nitrogens with one attached hydrogen (secondary N) is 2. The first-order valence-electron chi connectivity index (χ1n) is 11.0. The highest BCUT2D eigenvalue weighted by Crippen LogP contribution is 2.26. The van der Waals surface area contributed by atoms with Crippen LogP contribution < -0.4 is 10.6 Å². The maximum absolute atomic E-state index is 12.8. The Morgan fingerprint density at radius 2 is 1.79 bits per heavy atom. The summed E-state index contributed by atoms with van der Waals surface area (Å²) in [5.74, 6) is 1.17. The first-order valence-corrected chi connectivity index (χ1v) is 12.0. The zero-order valence-electron chi connectivity index (χ0n) is 18.3. The average Bonchev–Trinajstić information content (AvgIpc) is 3.35. The van der Waals surface area contributed by atoms with E-state index in [1.165, 1.54) is 11.8 Å². The Morgan fingerprint density at radius 3 is 2.56 bits per heavy atom. The van der Waals surface area contributed by atoms with Gasteiger partial charge in [0.05, 0.1) is 29.8 Å². The van der Waals surface area contributed by atoms with Crippen LogP contribution in [0.5, 0.6) is 0 Å². The molecule has 1 aliphatic rings. The lowest BCUT2D eigenvalue weighted by atomic mass is 10.1. The van der Waals surface area contributed by atoms with Gasteiger partial charge in [0.15, 0.2) is 11.0 Å². The van der Waals surface area contributed by atoms with E-state index in [1.54, 1.807) is 30.5 Å². The number of anilines is 1. The highest BCUT2D eigenvalue weighted by molar-refractivity contribution is 7.99. The maximum atomic E-state index is 12.8. The molecule has 4 aromatic rings. The van der Waals surface area contributed by atoms with Crippen molar-refractivity contribution in [1.29, 1.82) is 0 Å². The predicted octanol–water partition coefficient (Wildman–Crippen LogP) is 4.21. The van der Waals surface area contributed by atoms with Gasteiger partial charge in [-0.25, -0.2) is 0 Å². The number of hydrogen-bond acceptors (Lipinski definition) is 6. The van der Waals surface area contributed by atoms with Crippen LogP contribution in [-0.4, -0.2) is 38.4 Å². The van der Waals surface area contributed by atoms with Crippen molar-refractivity contribution >= 4 is 29.3 Å². The molecule has 2 aromatic heterocycles. The minimum atomic E-state index is -0.231. The number of thioether (sulfide) groups is 1. The fourth-order valence-corrected chi connectivity index (χ4v) is 4.23. The monoisotopic (exact) mass is 473 g/mol. The summed E-state index contributed by atoms with van der Waals surface area (Å²) in [5.41, 5.74) is 1.88. The zero-order chi connectivity index (χ0) is 23.3. The molecule has 0 saturated heterocycles. The van der Waals surface area contributed by atoms with E-state index in [-0.39, 0.29) is 23.6 Å². The van der Waals surface area contributed by atoms with Gasteiger partial charge < -0.3 is 15.1 Å². The van der Waals surface area contributed by atoms with E-state index in [9.17, 15) is 9.59 Å². The van der Waals surface area contributed by atoms with Gasteiger partial charge in [-0.05, 0) is 37.1 Å². The lowest BCUT2D eigenvalue weighted by Crippen LogP contribution is -2.27. The van der Waals surface area contributed by atoms with Gasteiger partial charge in [0.25, 0.3) is 5.91 Å². The SMILES string of the molecule is O=C(CSc1nnc(-c2ccccc2)n1Cc1ccco1)Nc1ccccc1C(=O)NC1CC1. The van der Waals surface area contributed by atoms with Crippen LogP contribution in [0.3, 0.4) is 0 Å². The van der Waals surface area contributed by atoms with Crippen molar-refractivity contribution in [3.63, 3.8) is 0 Å². The molecule has 172 valence electrons. The molecular formula is C25H23N5O3S. The molecule has 2 N–H and O–H groups in total. The van der Waals surface area contributed by atoms with E-state index in [4.69, 9.17) is 4.42 Å². The van der Waals surface area contributed by atoms with Crippen LogP contribution in [0.4, 0.5) is 5.69 Å². The molecule has 2 aromatic carbocycles. The maximum Gasteiger partial charge on any atom is 0.253 e. The van der Waals surface area contributed by atoms with Crippen molar-refractivity contribution in [2.45, 2.75) is 30.6 Å². The highest BCUT2D eigenvalue weighted by atomic mass is 32.2. The second-order valence-corrected chi connectivity index (χ2v) is 8.91. The normalized spacial score (nSPS) is 12.9. The smallest absolute Gasteiger partial charge is 0.253 e. The second kappa shape index (κ2) is 9.96. The number of nitrogens with zero attached hydrogens (tertiary/aromatic N) is 3. The molecule has 1 saturated carbocycles. The minimum Gasteiger partial charge on any atom is -0.467 e. The van der Waals surface area contributed by atoms with E-state index in [0.717, 1.165) is 24.2 Å². The molecule has 1 fully saturated rings. The van der Waals surface area contributed by atoms with Gasteiger partial charge in [-0.2, -0.15) is 0 Å². The van der Waals surface area contributed by atoms with Crippen LogP contribution in [0.15, 0.2) is 82.6 Å². The largest absolute Gasteiger partial charge is 0.467 e. The summed E-state index contributed by atoms with van der Waals surface area (Å²) in [7, 11) is 0. The molecule has 0 unspecified atom stereocenters. The Balaban J connectivity index is 1.30. The van der Waals surface area contributed by atoms with Crippen molar-refractivity contribution in [1.82, 2.24) is 20.1 Å². The first-order chi connectivity index (χ1) is 16.7. The summed E-state index contributed by atoms with van der Waals surface area (Å²) in [6, 6.07) is 20.8. The minimum absolute atomic E-state index is 0.115. The molecule has 2 heterocycles. The number of aromatic nitrogens is 3. The Kier molecular flexibility index (Phi) is 6.44. The standard InChI is InChI=1S/C25H23N5O3S/c31-22(27-21-11-5-4-10-20(21)24(32)26-18-12-13-18)16-34-25-29-28-23(17-7-2-1-3-8-17)30(25)15-19-9-6-14-33-19/h1-11,14,18H,12-13,15-16H2,(H,26,32)(H,27,31). The summed E-state index contributed by atoms with van der Waals surface area (Å²) in [4.78, 5) is 25.3. The molecule has 0 radical (unpaired) electrons. The molecule has 1 aliphatic carbocycles. The average molecular weight is 474 g/mol. The first kappa shape index (κ1) is 22.0.